The monoisotopic (exact) mass is 363 g/mol. The number of hydrogen-bond donors (Lipinski definition) is 1. The van der Waals surface area contributed by atoms with Gasteiger partial charge in [-0.15, -0.1) is 0 Å². The number of nitrogens with zero attached hydrogens (tertiary/aromatic N) is 2. The van der Waals surface area contributed by atoms with E-state index in [9.17, 15) is 4.79 Å². The lowest BCUT2D eigenvalue weighted by atomic mass is 10.1. The lowest BCUT2D eigenvalue weighted by molar-refractivity contribution is 0.0221. The van der Waals surface area contributed by atoms with Crippen molar-refractivity contribution in [1.29, 1.82) is 0 Å². The van der Waals surface area contributed by atoms with Crippen LogP contribution in [0.5, 0.6) is 5.75 Å². The van der Waals surface area contributed by atoms with E-state index in [1.165, 1.54) is 0 Å². The summed E-state index contributed by atoms with van der Waals surface area (Å²) < 4.78 is 10.6. The van der Waals surface area contributed by atoms with Crippen LogP contribution in [0.4, 0.5) is 4.79 Å². The standard InChI is InChI=1S/C18H22ClN3O3/c1-18(2,3)25-17(23)22-8-7-14-15(10-22)21-16(20-14)12-6-5-11(24-4)9-13(12)19/h5-6,9H,7-8,10H2,1-4H3,(H,20,21). The number of benzene rings is 1. The van der Waals surface area contributed by atoms with Crippen LogP contribution in [0, 0.1) is 0 Å². The van der Waals surface area contributed by atoms with Crippen molar-refractivity contribution in [2.75, 3.05) is 13.7 Å². The fraction of sp³-hybridized carbons (Fsp3) is 0.444. The van der Waals surface area contributed by atoms with Gasteiger partial charge in [0.1, 0.15) is 17.2 Å². The van der Waals surface area contributed by atoms with Gasteiger partial charge < -0.3 is 19.4 Å². The third-order valence-electron chi connectivity index (χ3n) is 3.91. The van der Waals surface area contributed by atoms with Gasteiger partial charge in [0.15, 0.2) is 0 Å². The Hall–Kier alpha value is -2.21. The second-order valence-corrected chi connectivity index (χ2v) is 7.42. The second-order valence-electron chi connectivity index (χ2n) is 7.01. The van der Waals surface area contributed by atoms with Crippen LogP contribution >= 0.6 is 11.6 Å². The number of imidazole rings is 1. The third kappa shape index (κ3) is 3.90. The number of rotatable bonds is 2. The van der Waals surface area contributed by atoms with Gasteiger partial charge in [0.25, 0.3) is 0 Å². The Labute approximate surface area is 152 Å². The van der Waals surface area contributed by atoms with Gasteiger partial charge in [-0.1, -0.05) is 11.6 Å². The minimum absolute atomic E-state index is 0.309. The molecule has 0 bridgehead atoms. The number of hydrogen-bond acceptors (Lipinski definition) is 4. The summed E-state index contributed by atoms with van der Waals surface area (Å²) in [6.45, 7) is 6.62. The van der Waals surface area contributed by atoms with Gasteiger partial charge in [-0.25, -0.2) is 9.78 Å². The van der Waals surface area contributed by atoms with Crippen molar-refractivity contribution in [3.63, 3.8) is 0 Å². The largest absolute Gasteiger partial charge is 0.497 e. The molecule has 1 amide bonds. The van der Waals surface area contributed by atoms with Crippen molar-refractivity contribution >= 4 is 17.7 Å². The number of methoxy groups -OCH3 is 1. The highest BCUT2D eigenvalue weighted by molar-refractivity contribution is 6.33. The zero-order valence-electron chi connectivity index (χ0n) is 14.9. The van der Waals surface area contributed by atoms with Gasteiger partial charge in [-0.05, 0) is 39.0 Å². The van der Waals surface area contributed by atoms with Gasteiger partial charge in [0.05, 0.1) is 30.1 Å². The van der Waals surface area contributed by atoms with E-state index in [2.05, 4.69) is 9.97 Å². The molecule has 1 aromatic carbocycles. The average molecular weight is 364 g/mol. The first kappa shape index (κ1) is 17.6. The fourth-order valence-electron chi connectivity index (χ4n) is 2.72. The van der Waals surface area contributed by atoms with Crippen molar-refractivity contribution in [1.82, 2.24) is 14.9 Å². The first-order valence-corrected chi connectivity index (χ1v) is 8.54. The van der Waals surface area contributed by atoms with Crippen LogP contribution in [0.25, 0.3) is 11.4 Å². The number of nitrogens with one attached hydrogen (secondary N) is 1. The molecule has 25 heavy (non-hydrogen) atoms. The van der Waals surface area contributed by atoms with E-state index in [4.69, 9.17) is 21.1 Å². The average Bonchev–Trinajstić information content (AvgIpc) is 2.95. The number of aromatic amines is 1. The highest BCUT2D eigenvalue weighted by Gasteiger charge is 2.28. The third-order valence-corrected chi connectivity index (χ3v) is 4.23. The molecule has 0 spiro atoms. The first-order chi connectivity index (χ1) is 11.8. The molecule has 0 unspecified atom stereocenters. The maximum atomic E-state index is 12.3. The topological polar surface area (TPSA) is 67.5 Å². The van der Waals surface area contributed by atoms with E-state index in [-0.39, 0.29) is 6.09 Å². The molecule has 0 aliphatic carbocycles. The summed E-state index contributed by atoms with van der Waals surface area (Å²) in [6, 6.07) is 5.47. The quantitative estimate of drug-likeness (QED) is 0.874. The van der Waals surface area contributed by atoms with Gasteiger partial charge in [0, 0.05) is 18.5 Å². The zero-order valence-corrected chi connectivity index (χ0v) is 15.6. The predicted octanol–water partition coefficient (Wildman–Crippen LogP) is 4.03. The maximum Gasteiger partial charge on any atom is 0.410 e. The molecule has 134 valence electrons. The maximum absolute atomic E-state index is 12.3. The molecule has 1 aliphatic rings. The van der Waals surface area contributed by atoms with E-state index in [0.717, 1.165) is 17.0 Å². The van der Waals surface area contributed by atoms with Gasteiger partial charge >= 0.3 is 6.09 Å². The van der Waals surface area contributed by atoms with Gasteiger partial charge in [-0.3, -0.25) is 0 Å². The minimum atomic E-state index is -0.507. The Balaban J connectivity index is 1.80. The molecular weight excluding hydrogens is 342 g/mol. The van der Waals surface area contributed by atoms with Crippen LogP contribution in [-0.2, 0) is 17.7 Å². The summed E-state index contributed by atoms with van der Waals surface area (Å²) in [7, 11) is 1.60. The summed E-state index contributed by atoms with van der Waals surface area (Å²) in [4.78, 5) is 21.9. The van der Waals surface area contributed by atoms with Crippen LogP contribution < -0.4 is 4.74 Å². The normalized spacial score (nSPS) is 14.2. The number of ether oxygens (including phenoxy) is 2. The van der Waals surface area contributed by atoms with Crippen molar-refractivity contribution in [2.24, 2.45) is 0 Å². The molecule has 7 heteroatoms. The Kier molecular flexibility index (Phi) is 4.64. The number of H-pyrrole nitrogens is 1. The van der Waals surface area contributed by atoms with E-state index in [0.29, 0.717) is 36.1 Å². The van der Waals surface area contributed by atoms with Crippen LogP contribution in [0.2, 0.25) is 5.02 Å². The van der Waals surface area contributed by atoms with Gasteiger partial charge in [0.2, 0.25) is 0 Å². The summed E-state index contributed by atoms with van der Waals surface area (Å²) >= 11 is 6.33. The van der Waals surface area contributed by atoms with Crippen molar-refractivity contribution in [3.05, 3.63) is 34.6 Å². The molecule has 0 radical (unpaired) electrons. The van der Waals surface area contributed by atoms with Crippen LogP contribution in [0.15, 0.2) is 18.2 Å². The molecule has 1 aliphatic heterocycles. The van der Waals surface area contributed by atoms with Crippen molar-refractivity contribution in [2.45, 2.75) is 39.3 Å². The highest BCUT2D eigenvalue weighted by atomic mass is 35.5. The smallest absolute Gasteiger partial charge is 0.410 e. The Morgan fingerprint density at radius 1 is 1.36 bits per heavy atom. The van der Waals surface area contributed by atoms with E-state index in [1.807, 2.05) is 32.9 Å². The summed E-state index contributed by atoms with van der Waals surface area (Å²) in [5.41, 5.74) is 2.18. The Morgan fingerprint density at radius 2 is 2.12 bits per heavy atom. The van der Waals surface area contributed by atoms with Crippen molar-refractivity contribution in [3.8, 4) is 17.1 Å². The van der Waals surface area contributed by atoms with Crippen LogP contribution in [0.1, 0.15) is 32.2 Å². The molecule has 2 aromatic rings. The minimum Gasteiger partial charge on any atom is -0.497 e. The summed E-state index contributed by atoms with van der Waals surface area (Å²) in [5, 5.41) is 0.564. The lowest BCUT2D eigenvalue weighted by Gasteiger charge is -2.29. The lowest BCUT2D eigenvalue weighted by Crippen LogP contribution is -2.39. The molecule has 0 fully saturated rings. The Bertz CT molecular complexity index is 795. The number of halogens is 1. The summed E-state index contributed by atoms with van der Waals surface area (Å²) in [5.74, 6) is 1.39. The second kappa shape index (κ2) is 6.59. The molecule has 1 aromatic heterocycles. The van der Waals surface area contributed by atoms with E-state index >= 15 is 0 Å². The summed E-state index contributed by atoms with van der Waals surface area (Å²) in [6.07, 6.45) is 0.371. The van der Waals surface area contributed by atoms with Crippen LogP contribution in [-0.4, -0.2) is 40.2 Å². The number of aromatic nitrogens is 2. The molecule has 0 saturated heterocycles. The number of carbonyl (C=O) groups excluding carboxylic acids is 1. The highest BCUT2D eigenvalue weighted by Crippen LogP contribution is 2.31. The molecule has 0 atom stereocenters. The fourth-order valence-corrected chi connectivity index (χ4v) is 2.98. The molecule has 6 nitrogen and oxygen atoms in total. The van der Waals surface area contributed by atoms with E-state index in [1.54, 1.807) is 18.1 Å². The first-order valence-electron chi connectivity index (χ1n) is 8.16. The number of amides is 1. The predicted molar refractivity (Wildman–Crippen MR) is 95.9 cm³/mol. The number of carbonyl (C=O) groups is 1. The number of fused-ring (bicyclic) bond motifs is 1. The zero-order chi connectivity index (χ0) is 18.2. The SMILES string of the molecule is COc1ccc(-c2nc3c([nH]2)CN(C(=O)OC(C)(C)C)CC3)c(Cl)c1. The molecule has 2 heterocycles. The molecule has 3 rings (SSSR count). The molecular formula is C18H22ClN3O3. The molecule has 0 saturated carbocycles. The van der Waals surface area contributed by atoms with E-state index < -0.39 is 5.60 Å². The van der Waals surface area contributed by atoms with Crippen LogP contribution in [0.3, 0.4) is 0 Å². The van der Waals surface area contributed by atoms with Gasteiger partial charge in [-0.2, -0.15) is 0 Å². The Morgan fingerprint density at radius 3 is 2.76 bits per heavy atom. The van der Waals surface area contributed by atoms with Crippen molar-refractivity contribution < 1.29 is 14.3 Å². The molecule has 1 N–H and O–H groups in total.